The predicted octanol–water partition coefficient (Wildman–Crippen LogP) is 3.38. The van der Waals surface area contributed by atoms with Gasteiger partial charge in [0.15, 0.2) is 5.89 Å². The molecule has 23 heavy (non-hydrogen) atoms. The average molecular weight is 332 g/mol. The van der Waals surface area contributed by atoms with E-state index < -0.39 is 10.0 Å². The van der Waals surface area contributed by atoms with Gasteiger partial charge in [-0.05, 0) is 32.4 Å². The molecular weight excluding hydrogens is 312 g/mol. The summed E-state index contributed by atoms with van der Waals surface area (Å²) in [5, 5.41) is 0. The molecule has 0 atom stereocenters. The van der Waals surface area contributed by atoms with Crippen LogP contribution in [0, 0.1) is 6.92 Å². The highest BCUT2D eigenvalue weighted by molar-refractivity contribution is 7.89. The first kappa shape index (κ1) is 16.0. The van der Waals surface area contributed by atoms with Crippen molar-refractivity contribution in [3.8, 4) is 11.3 Å². The molecular formula is C17H20N2O3S. The van der Waals surface area contributed by atoms with Gasteiger partial charge < -0.3 is 4.42 Å². The Bertz CT molecular complexity index is 848. The van der Waals surface area contributed by atoms with Crippen molar-refractivity contribution in [2.45, 2.75) is 32.1 Å². The second-order valence-electron chi connectivity index (χ2n) is 5.93. The van der Waals surface area contributed by atoms with Crippen molar-refractivity contribution in [1.82, 2.24) is 9.29 Å². The van der Waals surface area contributed by atoms with Crippen LogP contribution in [0.25, 0.3) is 11.3 Å². The van der Waals surface area contributed by atoms with Gasteiger partial charge in [0, 0.05) is 25.6 Å². The van der Waals surface area contributed by atoms with Crippen molar-refractivity contribution in [2.24, 2.45) is 0 Å². The van der Waals surface area contributed by atoms with E-state index in [0.29, 0.717) is 29.6 Å². The van der Waals surface area contributed by atoms with Crippen LogP contribution < -0.4 is 0 Å². The molecule has 1 aromatic heterocycles. The van der Waals surface area contributed by atoms with Gasteiger partial charge >= 0.3 is 0 Å². The Labute approximate surface area is 136 Å². The van der Waals surface area contributed by atoms with Crippen LogP contribution in [0.1, 0.15) is 26.2 Å². The highest BCUT2D eigenvalue weighted by Gasteiger charge is 2.27. The summed E-state index contributed by atoms with van der Waals surface area (Å²) in [5.74, 6) is 0.586. The van der Waals surface area contributed by atoms with Gasteiger partial charge in [0.2, 0.25) is 10.0 Å². The van der Waals surface area contributed by atoms with E-state index in [4.69, 9.17) is 4.42 Å². The second-order valence-corrected chi connectivity index (χ2v) is 7.86. The summed E-state index contributed by atoms with van der Waals surface area (Å²) >= 11 is 0. The fourth-order valence-electron chi connectivity index (χ4n) is 2.63. The molecule has 0 spiro atoms. The fraction of sp³-hybridized carbons (Fsp3) is 0.353. The van der Waals surface area contributed by atoms with E-state index in [-0.39, 0.29) is 0 Å². The molecule has 6 heteroatoms. The Balaban J connectivity index is 1.86. The number of rotatable bonds is 3. The third-order valence-corrected chi connectivity index (χ3v) is 6.14. The van der Waals surface area contributed by atoms with E-state index in [0.717, 1.165) is 17.6 Å². The summed E-state index contributed by atoms with van der Waals surface area (Å²) in [7, 11) is -3.46. The van der Waals surface area contributed by atoms with Gasteiger partial charge in [-0.25, -0.2) is 13.4 Å². The van der Waals surface area contributed by atoms with Crippen LogP contribution >= 0.6 is 0 Å². The SMILES string of the molecule is CC1=C(C)CN(S(=O)(=O)c2ccc(-c3coc(C)n3)cc2)CC1. The summed E-state index contributed by atoms with van der Waals surface area (Å²) in [5.41, 5.74) is 3.97. The first-order valence-electron chi connectivity index (χ1n) is 7.56. The lowest BCUT2D eigenvalue weighted by atomic mass is 10.1. The van der Waals surface area contributed by atoms with E-state index in [1.165, 1.54) is 5.57 Å². The van der Waals surface area contributed by atoms with E-state index in [1.807, 2.05) is 6.92 Å². The van der Waals surface area contributed by atoms with Gasteiger partial charge in [0.25, 0.3) is 0 Å². The normalized spacial score (nSPS) is 16.8. The van der Waals surface area contributed by atoms with Gasteiger partial charge in [0.1, 0.15) is 12.0 Å². The monoisotopic (exact) mass is 332 g/mol. The molecule has 1 aliphatic rings. The smallest absolute Gasteiger partial charge is 0.243 e. The summed E-state index contributed by atoms with van der Waals surface area (Å²) in [6.45, 7) is 6.84. The molecule has 0 radical (unpaired) electrons. The molecule has 0 fully saturated rings. The molecule has 122 valence electrons. The van der Waals surface area contributed by atoms with Gasteiger partial charge in [-0.2, -0.15) is 4.31 Å². The van der Waals surface area contributed by atoms with Gasteiger partial charge in [-0.3, -0.25) is 0 Å². The van der Waals surface area contributed by atoms with E-state index >= 15 is 0 Å². The first-order valence-corrected chi connectivity index (χ1v) is 9.00. The summed E-state index contributed by atoms with van der Waals surface area (Å²) in [4.78, 5) is 4.56. The lowest BCUT2D eigenvalue weighted by Crippen LogP contribution is -2.36. The molecule has 2 heterocycles. The van der Waals surface area contributed by atoms with Crippen LogP contribution in [0.2, 0.25) is 0 Å². The van der Waals surface area contributed by atoms with E-state index in [1.54, 1.807) is 41.8 Å². The maximum atomic E-state index is 12.8. The van der Waals surface area contributed by atoms with Crippen LogP contribution in [-0.2, 0) is 10.0 Å². The molecule has 1 aromatic carbocycles. The average Bonchev–Trinajstić information content (AvgIpc) is 2.96. The molecule has 0 unspecified atom stereocenters. The van der Waals surface area contributed by atoms with Crippen molar-refractivity contribution in [2.75, 3.05) is 13.1 Å². The Hall–Kier alpha value is -1.92. The molecule has 3 rings (SSSR count). The van der Waals surface area contributed by atoms with Gasteiger partial charge in [-0.1, -0.05) is 23.3 Å². The largest absolute Gasteiger partial charge is 0.449 e. The molecule has 0 bridgehead atoms. The summed E-state index contributed by atoms with van der Waals surface area (Å²) < 4.78 is 32.3. The molecule has 0 aliphatic carbocycles. The van der Waals surface area contributed by atoms with Gasteiger partial charge in [-0.15, -0.1) is 0 Å². The first-order chi connectivity index (χ1) is 10.9. The minimum atomic E-state index is -3.46. The van der Waals surface area contributed by atoms with Crippen molar-refractivity contribution < 1.29 is 12.8 Å². The Morgan fingerprint density at radius 3 is 2.35 bits per heavy atom. The van der Waals surface area contributed by atoms with Crippen LogP contribution in [0.3, 0.4) is 0 Å². The number of hydrogen-bond acceptors (Lipinski definition) is 4. The van der Waals surface area contributed by atoms with Crippen LogP contribution in [0.5, 0.6) is 0 Å². The number of aryl methyl sites for hydroxylation is 1. The zero-order chi connectivity index (χ0) is 16.6. The molecule has 0 saturated carbocycles. The fourth-order valence-corrected chi connectivity index (χ4v) is 4.11. The molecule has 0 saturated heterocycles. The van der Waals surface area contributed by atoms with E-state index in [2.05, 4.69) is 11.9 Å². The third-order valence-electron chi connectivity index (χ3n) is 4.29. The molecule has 0 amide bonds. The summed E-state index contributed by atoms with van der Waals surface area (Å²) in [6, 6.07) is 6.80. The maximum absolute atomic E-state index is 12.8. The molecule has 1 aliphatic heterocycles. The van der Waals surface area contributed by atoms with E-state index in [9.17, 15) is 8.42 Å². The number of aromatic nitrogens is 1. The highest BCUT2D eigenvalue weighted by Crippen LogP contribution is 2.26. The van der Waals surface area contributed by atoms with Crippen molar-refractivity contribution in [3.05, 3.63) is 47.6 Å². The summed E-state index contributed by atoms with van der Waals surface area (Å²) in [6.07, 6.45) is 2.36. The minimum absolute atomic E-state index is 0.314. The maximum Gasteiger partial charge on any atom is 0.243 e. The Morgan fingerprint density at radius 2 is 1.78 bits per heavy atom. The standard InChI is InChI=1S/C17H20N2O3S/c1-12-8-9-19(10-13(12)2)23(20,21)16-6-4-15(5-7-16)17-11-22-14(3)18-17/h4-7,11H,8-10H2,1-3H3. The lowest BCUT2D eigenvalue weighted by Gasteiger charge is -2.28. The number of hydrogen-bond donors (Lipinski definition) is 0. The number of oxazole rings is 1. The number of nitrogens with zero attached hydrogens (tertiary/aromatic N) is 2. The number of benzene rings is 1. The molecule has 0 N–H and O–H groups in total. The van der Waals surface area contributed by atoms with Gasteiger partial charge in [0.05, 0.1) is 4.90 Å². The van der Waals surface area contributed by atoms with Crippen molar-refractivity contribution in [1.29, 1.82) is 0 Å². The highest BCUT2D eigenvalue weighted by atomic mass is 32.2. The van der Waals surface area contributed by atoms with Crippen molar-refractivity contribution in [3.63, 3.8) is 0 Å². The third kappa shape index (κ3) is 3.09. The van der Waals surface area contributed by atoms with Crippen LogP contribution in [0.15, 0.2) is 51.0 Å². The van der Waals surface area contributed by atoms with Crippen LogP contribution in [-0.4, -0.2) is 30.8 Å². The van der Waals surface area contributed by atoms with Crippen LogP contribution in [0.4, 0.5) is 0 Å². The lowest BCUT2D eigenvalue weighted by molar-refractivity contribution is 0.421. The quantitative estimate of drug-likeness (QED) is 0.808. The topological polar surface area (TPSA) is 63.4 Å². The number of sulfonamides is 1. The minimum Gasteiger partial charge on any atom is -0.449 e. The molecule has 2 aromatic rings. The zero-order valence-corrected chi connectivity index (χ0v) is 14.4. The van der Waals surface area contributed by atoms with Crippen molar-refractivity contribution >= 4 is 10.0 Å². The second kappa shape index (κ2) is 5.94. The Kier molecular flexibility index (Phi) is 4.12. The molecule has 5 nitrogen and oxygen atoms in total. The predicted molar refractivity (Wildman–Crippen MR) is 88.4 cm³/mol. The zero-order valence-electron chi connectivity index (χ0n) is 13.5. The Morgan fingerprint density at radius 1 is 1.09 bits per heavy atom.